The van der Waals surface area contributed by atoms with Crippen molar-refractivity contribution in [3.8, 4) is 0 Å². The molecule has 15 heavy (non-hydrogen) atoms. The fraction of sp³-hybridized carbons (Fsp3) is 0.429. The van der Waals surface area contributed by atoms with Crippen LogP contribution >= 0.6 is 0 Å². The van der Waals surface area contributed by atoms with Crippen molar-refractivity contribution in [3.05, 3.63) is 41.0 Å². The Kier molecular flexibility index (Phi) is 2.92. The highest BCUT2D eigenvalue weighted by Crippen LogP contribution is 2.26. The Morgan fingerprint density at radius 1 is 1.20 bits per heavy atom. The van der Waals surface area contributed by atoms with Crippen LogP contribution in [-0.4, -0.2) is 25.0 Å². The van der Waals surface area contributed by atoms with E-state index in [2.05, 4.69) is 50.1 Å². The molecule has 0 saturated heterocycles. The van der Waals surface area contributed by atoms with Crippen LogP contribution in [0.25, 0.3) is 5.57 Å². The monoisotopic (exact) mass is 201 g/mol. The van der Waals surface area contributed by atoms with Gasteiger partial charge in [-0.1, -0.05) is 35.4 Å². The maximum Gasteiger partial charge on any atom is 0.0193 e. The van der Waals surface area contributed by atoms with E-state index in [4.69, 9.17) is 0 Å². The highest BCUT2D eigenvalue weighted by Gasteiger charge is 2.14. The van der Waals surface area contributed by atoms with E-state index in [0.717, 1.165) is 6.54 Å². The van der Waals surface area contributed by atoms with Crippen LogP contribution in [-0.2, 0) is 0 Å². The standard InChI is InChI=1S/C14H19N/c1-11-5-4-6-13(9-11)14-7-8-15(3)10-12(14)2/h4-6,9H,7-8,10H2,1-3H3. The van der Waals surface area contributed by atoms with Crippen molar-refractivity contribution in [2.24, 2.45) is 0 Å². The van der Waals surface area contributed by atoms with Crippen molar-refractivity contribution in [3.63, 3.8) is 0 Å². The van der Waals surface area contributed by atoms with Gasteiger partial charge in [0.1, 0.15) is 0 Å². The molecule has 1 aliphatic rings. The molecular weight excluding hydrogens is 182 g/mol. The Hall–Kier alpha value is -1.08. The van der Waals surface area contributed by atoms with Gasteiger partial charge in [0.25, 0.3) is 0 Å². The molecule has 1 nitrogen and oxygen atoms in total. The number of hydrogen-bond donors (Lipinski definition) is 0. The van der Waals surface area contributed by atoms with Crippen LogP contribution in [0.4, 0.5) is 0 Å². The molecule has 0 aliphatic carbocycles. The maximum atomic E-state index is 2.38. The van der Waals surface area contributed by atoms with Crippen LogP contribution in [0, 0.1) is 6.92 Å². The SMILES string of the molecule is CC1=C(c2cccc(C)c2)CCN(C)C1. The van der Waals surface area contributed by atoms with E-state index in [-0.39, 0.29) is 0 Å². The Bertz CT molecular complexity index is 390. The minimum absolute atomic E-state index is 1.11. The summed E-state index contributed by atoms with van der Waals surface area (Å²) in [6.45, 7) is 6.71. The predicted octanol–water partition coefficient (Wildman–Crippen LogP) is 3.10. The first-order valence-corrected chi connectivity index (χ1v) is 5.61. The molecular formula is C14H19N. The van der Waals surface area contributed by atoms with Crippen molar-refractivity contribution in [2.45, 2.75) is 20.3 Å². The number of likely N-dealkylation sites (N-methyl/N-ethyl adjacent to an activating group) is 1. The normalized spacial score (nSPS) is 18.3. The molecule has 0 radical (unpaired) electrons. The molecule has 1 heterocycles. The van der Waals surface area contributed by atoms with Crippen LogP contribution in [0.3, 0.4) is 0 Å². The molecule has 0 unspecified atom stereocenters. The molecule has 0 spiro atoms. The number of aryl methyl sites for hydroxylation is 1. The zero-order chi connectivity index (χ0) is 10.8. The first kappa shape index (κ1) is 10.4. The summed E-state index contributed by atoms with van der Waals surface area (Å²) in [5.41, 5.74) is 5.85. The third kappa shape index (κ3) is 2.29. The van der Waals surface area contributed by atoms with E-state index in [0.29, 0.717) is 0 Å². The number of rotatable bonds is 1. The van der Waals surface area contributed by atoms with Gasteiger partial charge in [0, 0.05) is 13.1 Å². The van der Waals surface area contributed by atoms with E-state index in [1.165, 1.54) is 29.7 Å². The topological polar surface area (TPSA) is 3.24 Å². The predicted molar refractivity (Wildman–Crippen MR) is 65.9 cm³/mol. The van der Waals surface area contributed by atoms with E-state index >= 15 is 0 Å². The van der Waals surface area contributed by atoms with Crippen molar-refractivity contribution < 1.29 is 0 Å². The summed E-state index contributed by atoms with van der Waals surface area (Å²) < 4.78 is 0. The van der Waals surface area contributed by atoms with Gasteiger partial charge in [-0.25, -0.2) is 0 Å². The fourth-order valence-corrected chi connectivity index (χ4v) is 2.32. The first-order chi connectivity index (χ1) is 7.16. The average molecular weight is 201 g/mol. The molecule has 0 amide bonds. The Morgan fingerprint density at radius 2 is 2.00 bits per heavy atom. The highest BCUT2D eigenvalue weighted by atomic mass is 15.1. The number of benzene rings is 1. The maximum absolute atomic E-state index is 2.38. The Labute approximate surface area is 92.4 Å². The van der Waals surface area contributed by atoms with Gasteiger partial charge < -0.3 is 4.90 Å². The first-order valence-electron chi connectivity index (χ1n) is 5.61. The molecule has 0 N–H and O–H groups in total. The lowest BCUT2D eigenvalue weighted by Crippen LogP contribution is -2.26. The highest BCUT2D eigenvalue weighted by molar-refractivity contribution is 5.70. The van der Waals surface area contributed by atoms with Gasteiger partial charge in [0.15, 0.2) is 0 Å². The van der Waals surface area contributed by atoms with Gasteiger partial charge in [-0.2, -0.15) is 0 Å². The summed E-state index contributed by atoms with van der Waals surface area (Å²) in [7, 11) is 2.19. The number of hydrogen-bond acceptors (Lipinski definition) is 1. The third-order valence-electron chi connectivity index (χ3n) is 3.13. The van der Waals surface area contributed by atoms with Crippen LogP contribution < -0.4 is 0 Å². The second kappa shape index (κ2) is 4.19. The van der Waals surface area contributed by atoms with E-state index in [1.54, 1.807) is 5.57 Å². The van der Waals surface area contributed by atoms with Crippen molar-refractivity contribution in [1.29, 1.82) is 0 Å². The zero-order valence-electron chi connectivity index (χ0n) is 9.88. The molecule has 1 heteroatoms. The molecule has 1 aliphatic heterocycles. The lowest BCUT2D eigenvalue weighted by atomic mass is 9.93. The zero-order valence-corrected chi connectivity index (χ0v) is 9.88. The lowest BCUT2D eigenvalue weighted by Gasteiger charge is -2.26. The van der Waals surface area contributed by atoms with Gasteiger partial charge in [-0.05, 0) is 38.5 Å². The van der Waals surface area contributed by atoms with E-state index in [9.17, 15) is 0 Å². The third-order valence-corrected chi connectivity index (χ3v) is 3.13. The quantitative estimate of drug-likeness (QED) is 0.675. The molecule has 1 aromatic rings. The smallest absolute Gasteiger partial charge is 0.0193 e. The summed E-state index contributed by atoms with van der Waals surface area (Å²) in [6, 6.07) is 8.85. The second-order valence-corrected chi connectivity index (χ2v) is 4.62. The van der Waals surface area contributed by atoms with E-state index < -0.39 is 0 Å². The van der Waals surface area contributed by atoms with Crippen molar-refractivity contribution in [1.82, 2.24) is 4.90 Å². The Balaban J connectivity index is 2.34. The largest absolute Gasteiger partial charge is 0.302 e. The van der Waals surface area contributed by atoms with Crippen LogP contribution in [0.5, 0.6) is 0 Å². The summed E-state index contributed by atoms with van der Waals surface area (Å²) in [5, 5.41) is 0. The lowest BCUT2D eigenvalue weighted by molar-refractivity contribution is 0.359. The molecule has 2 rings (SSSR count). The minimum atomic E-state index is 1.11. The van der Waals surface area contributed by atoms with Crippen molar-refractivity contribution in [2.75, 3.05) is 20.1 Å². The minimum Gasteiger partial charge on any atom is -0.302 e. The summed E-state index contributed by atoms with van der Waals surface area (Å²) in [6.07, 6.45) is 1.19. The molecule has 0 aromatic heterocycles. The van der Waals surface area contributed by atoms with Gasteiger partial charge in [-0.15, -0.1) is 0 Å². The second-order valence-electron chi connectivity index (χ2n) is 4.62. The molecule has 0 saturated carbocycles. The number of nitrogens with zero attached hydrogens (tertiary/aromatic N) is 1. The van der Waals surface area contributed by atoms with Crippen LogP contribution in [0.1, 0.15) is 24.5 Å². The van der Waals surface area contributed by atoms with Gasteiger partial charge >= 0.3 is 0 Å². The van der Waals surface area contributed by atoms with Gasteiger partial charge in [0.05, 0.1) is 0 Å². The van der Waals surface area contributed by atoms with Crippen LogP contribution in [0.2, 0.25) is 0 Å². The van der Waals surface area contributed by atoms with E-state index in [1.807, 2.05) is 0 Å². The summed E-state index contributed by atoms with van der Waals surface area (Å²) in [5.74, 6) is 0. The summed E-state index contributed by atoms with van der Waals surface area (Å²) in [4.78, 5) is 2.38. The van der Waals surface area contributed by atoms with Gasteiger partial charge in [-0.3, -0.25) is 0 Å². The molecule has 1 aromatic carbocycles. The molecule has 80 valence electrons. The molecule has 0 atom stereocenters. The van der Waals surface area contributed by atoms with Crippen molar-refractivity contribution >= 4 is 5.57 Å². The Morgan fingerprint density at radius 3 is 2.67 bits per heavy atom. The van der Waals surface area contributed by atoms with Crippen LogP contribution in [0.15, 0.2) is 29.8 Å². The fourth-order valence-electron chi connectivity index (χ4n) is 2.32. The molecule has 0 fully saturated rings. The average Bonchev–Trinajstić information content (AvgIpc) is 2.17. The molecule has 0 bridgehead atoms. The summed E-state index contributed by atoms with van der Waals surface area (Å²) >= 11 is 0. The van der Waals surface area contributed by atoms with Gasteiger partial charge in [0.2, 0.25) is 0 Å².